The summed E-state index contributed by atoms with van der Waals surface area (Å²) in [6, 6.07) is 2.42. The molecule has 1 aromatic heterocycles. The van der Waals surface area contributed by atoms with Crippen LogP contribution in [0.15, 0.2) is 22.8 Å². The lowest BCUT2D eigenvalue weighted by molar-refractivity contribution is -0.161. The molecule has 9 nitrogen and oxygen atoms in total. The summed E-state index contributed by atoms with van der Waals surface area (Å²) in [5.41, 5.74) is 0.212. The van der Waals surface area contributed by atoms with Crippen molar-refractivity contribution in [2.75, 3.05) is 23.3 Å². The lowest BCUT2D eigenvalue weighted by Crippen LogP contribution is -2.41. The number of carbonyl (C=O) groups is 3. The van der Waals surface area contributed by atoms with Gasteiger partial charge in [0.2, 0.25) is 0 Å². The maximum Gasteiger partial charge on any atom is 0.309 e. The Morgan fingerprint density at radius 1 is 1.07 bits per heavy atom. The molecule has 0 spiro atoms. The monoisotopic (exact) mass is 570 g/mol. The number of amides is 2. The molecule has 4 rings (SSSR count). The molecular formula is C31H43FN4O5. The van der Waals surface area contributed by atoms with Crippen LogP contribution in [0.1, 0.15) is 119 Å². The van der Waals surface area contributed by atoms with Crippen molar-refractivity contribution in [1.82, 2.24) is 10.3 Å². The fourth-order valence-electron chi connectivity index (χ4n) is 5.27. The van der Waals surface area contributed by atoms with E-state index < -0.39 is 23.2 Å². The summed E-state index contributed by atoms with van der Waals surface area (Å²) < 4.78 is 26.6. The van der Waals surface area contributed by atoms with Gasteiger partial charge in [0, 0.05) is 31.1 Å². The second kappa shape index (κ2) is 13.0. The number of benzene rings is 1. The Kier molecular flexibility index (Phi) is 9.71. The average molecular weight is 571 g/mol. The Labute approximate surface area is 241 Å². The normalized spacial score (nSPS) is 19.0. The van der Waals surface area contributed by atoms with Crippen LogP contribution in [0.2, 0.25) is 0 Å². The third kappa shape index (κ3) is 8.07. The van der Waals surface area contributed by atoms with Gasteiger partial charge >= 0.3 is 5.97 Å². The van der Waals surface area contributed by atoms with Gasteiger partial charge < -0.3 is 24.7 Å². The third-order valence-electron chi connectivity index (χ3n) is 7.34. The maximum atomic E-state index is 15.5. The number of hydrogen-bond donors (Lipinski definition) is 2. The Morgan fingerprint density at radius 2 is 1.78 bits per heavy atom. The van der Waals surface area contributed by atoms with Gasteiger partial charge in [0.05, 0.1) is 22.9 Å². The summed E-state index contributed by atoms with van der Waals surface area (Å²) in [5.74, 6) is -1.55. The van der Waals surface area contributed by atoms with Crippen molar-refractivity contribution in [3.63, 3.8) is 0 Å². The first kappa shape index (κ1) is 30.5. The molecular weight excluding hydrogens is 527 g/mol. The van der Waals surface area contributed by atoms with Crippen LogP contribution in [0.4, 0.5) is 15.8 Å². The van der Waals surface area contributed by atoms with E-state index in [1.165, 1.54) is 18.4 Å². The van der Waals surface area contributed by atoms with E-state index in [1.807, 2.05) is 39.5 Å². The molecule has 10 heteroatoms. The van der Waals surface area contributed by atoms with E-state index >= 15 is 4.39 Å². The standard InChI is InChI=1S/C31H43FN4O5/c1-6-13-36(14-7-2)26-17-23(32)22(16-24(26)34-28(38)25-18-40-29(35-25)19-11-12-19)27(37)33-21-10-8-9-20(15-21)30(39)41-31(3,4)5/h16-21H,6-15H2,1-5H3,(H,33,37)(H,34,38)/t20-,21?/m0/s1. The van der Waals surface area contributed by atoms with Crippen molar-refractivity contribution >= 4 is 29.2 Å². The van der Waals surface area contributed by atoms with Gasteiger partial charge in [0.25, 0.3) is 11.8 Å². The van der Waals surface area contributed by atoms with E-state index in [-0.39, 0.29) is 35.1 Å². The molecule has 0 saturated heterocycles. The number of ether oxygens (including phenoxy) is 1. The molecule has 2 aromatic rings. The summed E-state index contributed by atoms with van der Waals surface area (Å²) >= 11 is 0. The zero-order chi connectivity index (χ0) is 29.7. The Balaban J connectivity index is 1.55. The number of esters is 1. The number of hydrogen-bond acceptors (Lipinski definition) is 7. The minimum Gasteiger partial charge on any atom is -0.460 e. The number of anilines is 2. The van der Waals surface area contributed by atoms with E-state index in [1.54, 1.807) is 0 Å². The summed E-state index contributed by atoms with van der Waals surface area (Å²) in [6.45, 7) is 10.9. The molecule has 2 N–H and O–H groups in total. The highest BCUT2D eigenvalue weighted by atomic mass is 19.1. The van der Waals surface area contributed by atoms with E-state index in [4.69, 9.17) is 9.15 Å². The number of nitrogens with zero attached hydrogens (tertiary/aromatic N) is 2. The second-order valence-corrected chi connectivity index (χ2v) is 12.2. The molecule has 1 heterocycles. The zero-order valence-electron chi connectivity index (χ0n) is 24.8. The number of halogens is 1. The van der Waals surface area contributed by atoms with Gasteiger partial charge in [0.1, 0.15) is 17.7 Å². The van der Waals surface area contributed by atoms with Gasteiger partial charge in [-0.15, -0.1) is 0 Å². The first-order chi connectivity index (χ1) is 19.5. The average Bonchev–Trinajstić information content (AvgIpc) is 3.64. The molecule has 41 heavy (non-hydrogen) atoms. The molecule has 2 amide bonds. The first-order valence-electron chi connectivity index (χ1n) is 14.9. The fraction of sp³-hybridized carbons (Fsp3) is 0.613. The third-order valence-corrected chi connectivity index (χ3v) is 7.34. The minimum atomic E-state index is -0.676. The molecule has 0 radical (unpaired) electrons. The summed E-state index contributed by atoms with van der Waals surface area (Å²) in [7, 11) is 0. The van der Waals surface area contributed by atoms with E-state index in [2.05, 4.69) is 15.6 Å². The van der Waals surface area contributed by atoms with Crippen molar-refractivity contribution in [2.45, 2.75) is 104 Å². The predicted octanol–water partition coefficient (Wildman–Crippen LogP) is 6.20. The number of nitrogens with one attached hydrogen (secondary N) is 2. The highest BCUT2D eigenvalue weighted by Gasteiger charge is 2.33. The van der Waals surface area contributed by atoms with Crippen LogP contribution in [0.25, 0.3) is 0 Å². The second-order valence-electron chi connectivity index (χ2n) is 12.2. The molecule has 2 aliphatic rings. The van der Waals surface area contributed by atoms with Crippen molar-refractivity contribution in [3.05, 3.63) is 41.4 Å². The first-order valence-corrected chi connectivity index (χ1v) is 14.9. The molecule has 1 unspecified atom stereocenters. The van der Waals surface area contributed by atoms with Gasteiger partial charge in [-0.05, 0) is 71.8 Å². The lowest BCUT2D eigenvalue weighted by Gasteiger charge is -2.31. The topological polar surface area (TPSA) is 114 Å². The van der Waals surface area contributed by atoms with Gasteiger partial charge in [-0.1, -0.05) is 20.3 Å². The fourth-order valence-corrected chi connectivity index (χ4v) is 5.27. The smallest absolute Gasteiger partial charge is 0.309 e. The van der Waals surface area contributed by atoms with Gasteiger partial charge in [-0.2, -0.15) is 0 Å². The zero-order valence-corrected chi connectivity index (χ0v) is 24.8. The van der Waals surface area contributed by atoms with E-state index in [0.29, 0.717) is 49.6 Å². The summed E-state index contributed by atoms with van der Waals surface area (Å²) in [6.07, 6.45) is 7.52. The van der Waals surface area contributed by atoms with Gasteiger partial charge in [0.15, 0.2) is 11.6 Å². The van der Waals surface area contributed by atoms with Crippen LogP contribution >= 0.6 is 0 Å². The maximum absolute atomic E-state index is 15.5. The number of carbonyl (C=O) groups excluding carboxylic acids is 3. The SMILES string of the molecule is CCCN(CCC)c1cc(F)c(C(=O)NC2CCC[C@H](C(=O)OC(C)(C)C)C2)cc1NC(=O)c1coc(C2CC2)n1. The minimum absolute atomic E-state index is 0.140. The quantitative estimate of drug-likeness (QED) is 0.309. The van der Waals surface area contributed by atoms with E-state index in [0.717, 1.165) is 32.1 Å². The summed E-state index contributed by atoms with van der Waals surface area (Å²) in [4.78, 5) is 45.5. The van der Waals surface area contributed by atoms with Crippen molar-refractivity contribution < 1.29 is 27.9 Å². The largest absolute Gasteiger partial charge is 0.460 e. The lowest BCUT2D eigenvalue weighted by atomic mass is 9.85. The van der Waals surface area contributed by atoms with Crippen LogP contribution in [-0.4, -0.2) is 47.5 Å². The molecule has 0 aliphatic heterocycles. The van der Waals surface area contributed by atoms with E-state index in [9.17, 15) is 14.4 Å². The van der Waals surface area contributed by atoms with Gasteiger partial charge in [-0.25, -0.2) is 9.37 Å². The predicted molar refractivity (Wildman–Crippen MR) is 155 cm³/mol. The molecule has 2 fully saturated rings. The number of aromatic nitrogens is 1. The Hall–Kier alpha value is -3.43. The molecule has 2 atom stereocenters. The Bertz CT molecular complexity index is 1240. The summed E-state index contributed by atoms with van der Waals surface area (Å²) in [5, 5.41) is 5.77. The molecule has 2 aliphatic carbocycles. The van der Waals surface area contributed by atoms with Crippen LogP contribution in [0, 0.1) is 11.7 Å². The highest BCUT2D eigenvalue weighted by molar-refractivity contribution is 6.06. The van der Waals surface area contributed by atoms with Gasteiger partial charge in [-0.3, -0.25) is 14.4 Å². The van der Waals surface area contributed by atoms with Crippen molar-refractivity contribution in [3.8, 4) is 0 Å². The van der Waals surface area contributed by atoms with Crippen LogP contribution < -0.4 is 15.5 Å². The Morgan fingerprint density at radius 3 is 2.41 bits per heavy atom. The molecule has 0 bridgehead atoms. The molecule has 1 aromatic carbocycles. The highest BCUT2D eigenvalue weighted by Crippen LogP contribution is 2.39. The van der Waals surface area contributed by atoms with Crippen LogP contribution in [-0.2, 0) is 9.53 Å². The van der Waals surface area contributed by atoms with Crippen LogP contribution in [0.5, 0.6) is 0 Å². The van der Waals surface area contributed by atoms with Crippen molar-refractivity contribution in [1.29, 1.82) is 0 Å². The number of oxazole rings is 1. The molecule has 224 valence electrons. The van der Waals surface area contributed by atoms with Crippen LogP contribution in [0.3, 0.4) is 0 Å². The number of rotatable bonds is 11. The van der Waals surface area contributed by atoms with Crippen molar-refractivity contribution in [2.24, 2.45) is 5.92 Å². The molecule has 2 saturated carbocycles.